The van der Waals surface area contributed by atoms with Gasteiger partial charge in [-0.05, 0) is 41.8 Å². The summed E-state index contributed by atoms with van der Waals surface area (Å²) < 4.78 is 10.5. The normalized spacial score (nSPS) is 16.3. The minimum absolute atomic E-state index is 0.0178. The Hall–Kier alpha value is -3.85. The summed E-state index contributed by atoms with van der Waals surface area (Å²) in [5.41, 5.74) is 1.05. The molecule has 0 bridgehead atoms. The van der Waals surface area contributed by atoms with E-state index in [1.807, 2.05) is 0 Å². The highest BCUT2D eigenvalue weighted by molar-refractivity contribution is 7.99. The summed E-state index contributed by atoms with van der Waals surface area (Å²) in [7, 11) is 1.32. The quantitative estimate of drug-likeness (QED) is 0.171. The molecule has 1 heterocycles. The van der Waals surface area contributed by atoms with Crippen LogP contribution in [0.15, 0.2) is 48.5 Å². The van der Waals surface area contributed by atoms with E-state index in [1.165, 1.54) is 67.3 Å². The van der Waals surface area contributed by atoms with Crippen LogP contribution in [0, 0.1) is 20.2 Å². The zero-order valence-electron chi connectivity index (χ0n) is 21.5. The van der Waals surface area contributed by atoms with E-state index in [1.54, 1.807) is 4.90 Å². The fourth-order valence-electron chi connectivity index (χ4n) is 3.82. The van der Waals surface area contributed by atoms with Crippen molar-refractivity contribution in [2.75, 3.05) is 25.1 Å². The number of likely N-dealkylation sites (tertiary alicyclic amines) is 1. The molecule has 0 aromatic heterocycles. The fourth-order valence-corrected chi connectivity index (χ4v) is 5.31. The van der Waals surface area contributed by atoms with Crippen LogP contribution in [0.4, 0.5) is 21.0 Å². The molecule has 1 aliphatic heterocycles. The Balaban J connectivity index is 1.38. The van der Waals surface area contributed by atoms with E-state index < -0.39 is 27.9 Å². The van der Waals surface area contributed by atoms with Gasteiger partial charge in [0.25, 0.3) is 11.4 Å². The molecule has 3 rings (SSSR count). The van der Waals surface area contributed by atoms with Crippen molar-refractivity contribution in [2.24, 2.45) is 0 Å². The number of amides is 3. The van der Waals surface area contributed by atoms with E-state index in [0.29, 0.717) is 35.6 Å². The van der Waals surface area contributed by atoms with Crippen molar-refractivity contribution < 1.29 is 33.7 Å². The van der Waals surface area contributed by atoms with Crippen LogP contribution >= 0.6 is 24.4 Å². The maximum Gasteiger partial charge on any atom is 0.416 e. The number of benzene rings is 2. The molecule has 2 aromatic carbocycles. The Kier molecular flexibility index (Phi) is 11.1. The van der Waals surface area contributed by atoms with Crippen molar-refractivity contribution >= 4 is 53.9 Å². The number of hydrogen-bond acceptors (Lipinski definition) is 11. The van der Waals surface area contributed by atoms with Crippen LogP contribution in [-0.2, 0) is 27.5 Å². The number of carbonyl (C=O) groups is 3. The van der Waals surface area contributed by atoms with E-state index in [9.17, 15) is 34.6 Å². The maximum atomic E-state index is 12.7. The summed E-state index contributed by atoms with van der Waals surface area (Å²) in [6, 6.07) is 11.2. The van der Waals surface area contributed by atoms with Gasteiger partial charge in [-0.3, -0.25) is 29.9 Å². The molecular formula is C25H28N4O9S2. The number of hydrogen-bond donors (Lipinski definition) is 1. The van der Waals surface area contributed by atoms with E-state index in [-0.39, 0.29) is 42.3 Å². The van der Waals surface area contributed by atoms with Crippen molar-refractivity contribution in [1.29, 1.82) is 0 Å². The largest absolute Gasteiger partial charge is 0.445 e. The predicted octanol–water partition coefficient (Wildman–Crippen LogP) is 4.43. The van der Waals surface area contributed by atoms with Crippen molar-refractivity contribution in [2.45, 2.75) is 37.3 Å². The molecule has 0 saturated carbocycles. The van der Waals surface area contributed by atoms with Gasteiger partial charge >= 0.3 is 12.2 Å². The first kappa shape index (κ1) is 30.7. The molecule has 1 fully saturated rings. The lowest BCUT2D eigenvalue weighted by atomic mass is 10.2. The number of imide groups is 1. The van der Waals surface area contributed by atoms with Crippen molar-refractivity contribution in [3.05, 3.63) is 79.9 Å². The molecule has 1 saturated heterocycles. The zero-order chi connectivity index (χ0) is 29.2. The number of nitro benzene ring substituents is 2. The van der Waals surface area contributed by atoms with Gasteiger partial charge in [0.2, 0.25) is 5.91 Å². The monoisotopic (exact) mass is 592 g/mol. The summed E-state index contributed by atoms with van der Waals surface area (Å²) in [6.07, 6.45) is -0.600. The number of ether oxygens (including phenoxy) is 2. The van der Waals surface area contributed by atoms with E-state index in [2.05, 4.69) is 12.6 Å². The second kappa shape index (κ2) is 14.5. The van der Waals surface area contributed by atoms with Crippen molar-refractivity contribution in [3.8, 4) is 0 Å². The van der Waals surface area contributed by atoms with Gasteiger partial charge in [0.15, 0.2) is 0 Å². The van der Waals surface area contributed by atoms with Gasteiger partial charge in [0, 0.05) is 67.1 Å². The van der Waals surface area contributed by atoms with Gasteiger partial charge < -0.3 is 14.4 Å². The number of nitrogens with zero attached hydrogens (tertiary/aromatic N) is 4. The van der Waals surface area contributed by atoms with Gasteiger partial charge in [0.05, 0.1) is 9.85 Å². The molecule has 0 N–H and O–H groups in total. The molecule has 40 heavy (non-hydrogen) atoms. The highest BCUT2D eigenvalue weighted by atomic mass is 32.2. The molecule has 214 valence electrons. The topological polar surface area (TPSA) is 162 Å². The lowest BCUT2D eigenvalue weighted by Crippen LogP contribution is -2.37. The van der Waals surface area contributed by atoms with Gasteiger partial charge in [-0.25, -0.2) is 9.59 Å². The number of thioether (sulfide) groups is 1. The molecule has 0 radical (unpaired) electrons. The summed E-state index contributed by atoms with van der Waals surface area (Å²) in [6.45, 7) is 0.257. The molecule has 0 aliphatic carbocycles. The summed E-state index contributed by atoms with van der Waals surface area (Å²) in [4.78, 5) is 60.2. The third-order valence-corrected chi connectivity index (χ3v) is 7.55. The Morgan fingerprint density at radius 1 is 0.975 bits per heavy atom. The Morgan fingerprint density at radius 3 is 2.02 bits per heavy atom. The average Bonchev–Trinajstić information content (AvgIpc) is 3.32. The van der Waals surface area contributed by atoms with Crippen LogP contribution < -0.4 is 0 Å². The van der Waals surface area contributed by atoms with Crippen LogP contribution in [0.25, 0.3) is 0 Å². The van der Waals surface area contributed by atoms with E-state index >= 15 is 0 Å². The third kappa shape index (κ3) is 8.84. The van der Waals surface area contributed by atoms with Gasteiger partial charge in [-0.1, -0.05) is 0 Å². The van der Waals surface area contributed by atoms with Crippen molar-refractivity contribution in [3.63, 3.8) is 0 Å². The highest BCUT2D eigenvalue weighted by Crippen LogP contribution is 2.26. The first-order valence-electron chi connectivity index (χ1n) is 12.1. The summed E-state index contributed by atoms with van der Waals surface area (Å²) in [5, 5.41) is 21.5. The number of rotatable bonds is 11. The first-order chi connectivity index (χ1) is 19.0. The van der Waals surface area contributed by atoms with E-state index in [4.69, 9.17) is 9.47 Å². The second-order valence-electron chi connectivity index (χ2n) is 8.93. The molecule has 2 atom stereocenters. The molecule has 15 heteroatoms. The summed E-state index contributed by atoms with van der Waals surface area (Å²) in [5.74, 6) is 0.530. The van der Waals surface area contributed by atoms with Crippen LogP contribution in [0.2, 0.25) is 0 Å². The number of thiol groups is 1. The smallest absolute Gasteiger partial charge is 0.416 e. The molecule has 0 spiro atoms. The SMILES string of the molecule is CN(C(=O)CCSCC1CC(S)CN1C(=O)OCc1ccc([N+](=O)[O-])cc1)C(=O)OCc1ccc([N+](=O)[O-])cc1. The maximum absolute atomic E-state index is 12.7. The predicted molar refractivity (Wildman–Crippen MR) is 149 cm³/mol. The molecule has 13 nitrogen and oxygen atoms in total. The molecule has 1 aliphatic rings. The van der Waals surface area contributed by atoms with Crippen molar-refractivity contribution in [1.82, 2.24) is 9.80 Å². The minimum Gasteiger partial charge on any atom is -0.445 e. The third-order valence-electron chi connectivity index (χ3n) is 6.06. The second-order valence-corrected chi connectivity index (χ2v) is 10.8. The van der Waals surface area contributed by atoms with E-state index in [0.717, 1.165) is 4.90 Å². The molecular weight excluding hydrogens is 564 g/mol. The standard InChI is InChI=1S/C25H28N4O9S2/c1-26(24(31)37-14-17-2-6-19(7-3-17)28(33)34)23(30)10-11-40-16-21-12-22(39)13-27(21)25(32)38-15-18-4-8-20(9-5-18)29(35)36/h2-9,21-22,39H,10-16H2,1H3. The van der Waals surface area contributed by atoms with Gasteiger partial charge in [-0.2, -0.15) is 24.4 Å². The minimum atomic E-state index is -0.830. The summed E-state index contributed by atoms with van der Waals surface area (Å²) >= 11 is 5.96. The zero-order valence-corrected chi connectivity index (χ0v) is 23.3. The molecule has 2 aromatic rings. The van der Waals surface area contributed by atoms with Gasteiger partial charge in [0.1, 0.15) is 13.2 Å². The lowest BCUT2D eigenvalue weighted by molar-refractivity contribution is -0.385. The fraction of sp³-hybridized carbons (Fsp3) is 0.400. The van der Waals surface area contributed by atoms with Gasteiger partial charge in [-0.15, -0.1) is 0 Å². The molecule has 2 unspecified atom stereocenters. The van der Waals surface area contributed by atoms with Crippen LogP contribution in [0.5, 0.6) is 0 Å². The Labute approximate surface area is 239 Å². The van der Waals surface area contributed by atoms with Crippen LogP contribution in [0.1, 0.15) is 24.0 Å². The molecule has 3 amide bonds. The first-order valence-corrected chi connectivity index (χ1v) is 13.8. The number of nitro groups is 2. The lowest BCUT2D eigenvalue weighted by Gasteiger charge is -2.23. The van der Waals surface area contributed by atoms with Crippen LogP contribution in [0.3, 0.4) is 0 Å². The average molecular weight is 593 g/mol. The Bertz CT molecular complexity index is 1230. The number of non-ortho nitro benzene ring substituents is 2. The Morgan fingerprint density at radius 2 is 1.50 bits per heavy atom. The number of carbonyl (C=O) groups excluding carboxylic acids is 3. The highest BCUT2D eigenvalue weighted by Gasteiger charge is 2.34. The van der Waals surface area contributed by atoms with Crippen LogP contribution in [-0.4, -0.2) is 74.1 Å².